The van der Waals surface area contributed by atoms with Crippen molar-refractivity contribution in [1.82, 2.24) is 0 Å². The zero-order valence-corrected chi connectivity index (χ0v) is 13.1. The van der Waals surface area contributed by atoms with Gasteiger partial charge in [-0.2, -0.15) is 0 Å². The number of fused-ring (bicyclic) bond motifs is 4. The molecule has 0 aliphatic heterocycles. The first-order valence-corrected chi connectivity index (χ1v) is 8.27. The minimum atomic E-state index is 0.275. The fraction of sp³-hybridized carbons (Fsp3) is 0.600. The summed E-state index contributed by atoms with van der Waals surface area (Å²) in [4.78, 5) is 0. The van der Waals surface area contributed by atoms with Gasteiger partial charge in [0.1, 0.15) is 0 Å². The summed E-state index contributed by atoms with van der Waals surface area (Å²) < 4.78 is 0. The maximum atomic E-state index is 2.52. The van der Waals surface area contributed by atoms with Gasteiger partial charge in [0.05, 0.1) is 0 Å². The lowest BCUT2D eigenvalue weighted by Crippen LogP contribution is -2.33. The third-order valence-electron chi connectivity index (χ3n) is 6.15. The molecule has 0 radical (unpaired) electrons. The molecular formula is C20H26. The van der Waals surface area contributed by atoms with Gasteiger partial charge in [-0.15, -0.1) is 0 Å². The van der Waals surface area contributed by atoms with Gasteiger partial charge in [0.25, 0.3) is 0 Å². The number of hydrogen-bond acceptors (Lipinski definition) is 0. The lowest BCUT2D eigenvalue weighted by atomic mass is 9.63. The first-order valence-electron chi connectivity index (χ1n) is 8.27. The largest absolute Gasteiger partial charge is 0.0850 e. The van der Waals surface area contributed by atoms with E-state index in [0.717, 1.165) is 5.92 Å². The summed E-state index contributed by atoms with van der Waals surface area (Å²) in [7, 11) is 0. The maximum absolute atomic E-state index is 2.52. The van der Waals surface area contributed by atoms with E-state index in [1.54, 1.807) is 16.7 Å². The molecule has 3 aliphatic carbocycles. The van der Waals surface area contributed by atoms with Crippen LogP contribution in [0.5, 0.6) is 0 Å². The van der Waals surface area contributed by atoms with E-state index in [2.05, 4.69) is 45.0 Å². The van der Waals surface area contributed by atoms with Crippen LogP contribution in [0.4, 0.5) is 0 Å². The van der Waals surface area contributed by atoms with Crippen molar-refractivity contribution >= 4 is 0 Å². The molecule has 1 spiro atoms. The van der Waals surface area contributed by atoms with Crippen molar-refractivity contribution in [3.8, 4) is 0 Å². The molecule has 1 aromatic rings. The highest BCUT2D eigenvalue weighted by molar-refractivity contribution is 5.39. The number of hydrogen-bond donors (Lipinski definition) is 0. The molecule has 1 fully saturated rings. The van der Waals surface area contributed by atoms with E-state index in [1.165, 1.54) is 44.1 Å². The minimum Gasteiger partial charge on any atom is -0.0850 e. The minimum absolute atomic E-state index is 0.275. The fourth-order valence-corrected chi connectivity index (χ4v) is 4.85. The van der Waals surface area contributed by atoms with Crippen molar-refractivity contribution in [2.75, 3.05) is 0 Å². The number of benzene rings is 1. The SMILES string of the molecule is CC(C)(C)c1ccc2c(c1)CC1(CC2)CC2=CCC1C2. The van der Waals surface area contributed by atoms with Gasteiger partial charge in [-0.3, -0.25) is 0 Å². The average molecular weight is 266 g/mol. The molecule has 4 rings (SSSR count). The Bertz CT molecular complexity index is 585. The standard InChI is InChI=1S/C20H26/c1-19(2,3)17-7-5-15-8-9-20(13-16(15)11-17)12-14-4-6-18(20)10-14/h4-5,7,11,18H,6,8-10,12-13H2,1-3H3. The van der Waals surface area contributed by atoms with Gasteiger partial charge in [-0.25, -0.2) is 0 Å². The molecule has 2 unspecified atom stereocenters. The van der Waals surface area contributed by atoms with Crippen LogP contribution in [0.25, 0.3) is 0 Å². The Kier molecular flexibility index (Phi) is 2.53. The molecule has 0 heterocycles. The van der Waals surface area contributed by atoms with Crippen LogP contribution in [0.1, 0.15) is 63.1 Å². The highest BCUT2D eigenvalue weighted by atomic mass is 14.5. The summed E-state index contributed by atoms with van der Waals surface area (Å²) in [5, 5.41) is 0. The van der Waals surface area contributed by atoms with Gasteiger partial charge < -0.3 is 0 Å². The van der Waals surface area contributed by atoms with E-state index >= 15 is 0 Å². The van der Waals surface area contributed by atoms with Crippen LogP contribution in [0, 0.1) is 11.3 Å². The summed E-state index contributed by atoms with van der Waals surface area (Å²) in [5.74, 6) is 0.962. The molecular weight excluding hydrogens is 240 g/mol. The zero-order chi connectivity index (χ0) is 14.0. The van der Waals surface area contributed by atoms with Crippen LogP contribution in [0.3, 0.4) is 0 Å². The van der Waals surface area contributed by atoms with E-state index in [-0.39, 0.29) is 5.41 Å². The molecule has 0 nitrogen and oxygen atoms in total. The number of rotatable bonds is 0. The quantitative estimate of drug-likeness (QED) is 0.566. The second-order valence-electron chi connectivity index (χ2n) is 8.45. The Labute approximate surface area is 123 Å². The molecule has 0 saturated heterocycles. The topological polar surface area (TPSA) is 0 Å². The third-order valence-corrected chi connectivity index (χ3v) is 6.15. The Morgan fingerprint density at radius 2 is 1.95 bits per heavy atom. The first-order chi connectivity index (χ1) is 9.46. The van der Waals surface area contributed by atoms with E-state index in [4.69, 9.17) is 0 Å². The van der Waals surface area contributed by atoms with Gasteiger partial charge in [-0.05, 0) is 72.0 Å². The third kappa shape index (κ3) is 1.80. The molecule has 0 heteroatoms. The summed E-state index contributed by atoms with van der Waals surface area (Å²) >= 11 is 0. The summed E-state index contributed by atoms with van der Waals surface area (Å²) in [6, 6.07) is 7.30. The van der Waals surface area contributed by atoms with Crippen LogP contribution in [-0.4, -0.2) is 0 Å². The van der Waals surface area contributed by atoms with Crippen molar-refractivity contribution in [3.63, 3.8) is 0 Å². The van der Waals surface area contributed by atoms with Crippen LogP contribution >= 0.6 is 0 Å². The van der Waals surface area contributed by atoms with Crippen LogP contribution in [0.15, 0.2) is 29.8 Å². The van der Waals surface area contributed by atoms with Gasteiger partial charge in [0, 0.05) is 0 Å². The van der Waals surface area contributed by atoms with Crippen molar-refractivity contribution in [1.29, 1.82) is 0 Å². The lowest BCUT2D eigenvalue weighted by Gasteiger charge is -2.41. The molecule has 0 aromatic heterocycles. The van der Waals surface area contributed by atoms with Crippen LogP contribution in [-0.2, 0) is 18.3 Å². The highest BCUT2D eigenvalue weighted by Gasteiger charge is 2.48. The zero-order valence-electron chi connectivity index (χ0n) is 13.1. The van der Waals surface area contributed by atoms with Crippen LogP contribution in [0.2, 0.25) is 0 Å². The highest BCUT2D eigenvalue weighted by Crippen LogP contribution is 2.58. The second kappa shape index (κ2) is 4.00. The number of allylic oxidation sites excluding steroid dienone is 2. The Morgan fingerprint density at radius 3 is 2.60 bits per heavy atom. The van der Waals surface area contributed by atoms with Gasteiger partial charge in [-0.1, -0.05) is 50.6 Å². The molecule has 0 N–H and O–H groups in total. The van der Waals surface area contributed by atoms with Gasteiger partial charge in [0.2, 0.25) is 0 Å². The van der Waals surface area contributed by atoms with Gasteiger partial charge >= 0.3 is 0 Å². The normalized spacial score (nSPS) is 31.6. The lowest BCUT2D eigenvalue weighted by molar-refractivity contribution is 0.168. The molecule has 0 amide bonds. The number of aryl methyl sites for hydroxylation is 1. The van der Waals surface area contributed by atoms with Gasteiger partial charge in [0.15, 0.2) is 0 Å². The average Bonchev–Trinajstić information content (AvgIpc) is 2.97. The van der Waals surface area contributed by atoms with Crippen molar-refractivity contribution in [2.24, 2.45) is 11.3 Å². The monoisotopic (exact) mass is 266 g/mol. The van der Waals surface area contributed by atoms with E-state index in [1.807, 2.05) is 0 Å². The maximum Gasteiger partial charge on any atom is -0.0132 e. The van der Waals surface area contributed by atoms with Crippen LogP contribution < -0.4 is 0 Å². The van der Waals surface area contributed by atoms with Crippen molar-refractivity contribution < 1.29 is 0 Å². The van der Waals surface area contributed by atoms with E-state index in [0.29, 0.717) is 5.41 Å². The molecule has 1 aromatic carbocycles. The molecule has 106 valence electrons. The molecule has 2 bridgehead atoms. The Hall–Kier alpha value is -1.04. The van der Waals surface area contributed by atoms with E-state index in [9.17, 15) is 0 Å². The second-order valence-corrected chi connectivity index (χ2v) is 8.45. The molecule has 3 aliphatic rings. The molecule has 2 atom stereocenters. The summed E-state index contributed by atoms with van der Waals surface area (Å²) in [6.45, 7) is 6.99. The first kappa shape index (κ1) is 12.7. The smallest absolute Gasteiger partial charge is 0.0132 e. The molecule has 20 heavy (non-hydrogen) atoms. The predicted molar refractivity (Wildman–Crippen MR) is 85.0 cm³/mol. The fourth-order valence-electron chi connectivity index (χ4n) is 4.85. The predicted octanol–water partition coefficient (Wildman–Crippen LogP) is 5.20. The molecule has 1 saturated carbocycles. The summed E-state index contributed by atoms with van der Waals surface area (Å²) in [6.07, 6.45) is 10.8. The van der Waals surface area contributed by atoms with E-state index < -0.39 is 0 Å². The Balaban J connectivity index is 1.70. The van der Waals surface area contributed by atoms with Crippen molar-refractivity contribution in [2.45, 2.75) is 64.7 Å². The Morgan fingerprint density at radius 1 is 1.10 bits per heavy atom. The summed E-state index contributed by atoms with van der Waals surface area (Å²) in [5.41, 5.74) is 7.48. The van der Waals surface area contributed by atoms with Crippen molar-refractivity contribution in [3.05, 3.63) is 46.5 Å².